The number of anilines is 1. The molecule has 0 aliphatic rings. The summed E-state index contributed by atoms with van der Waals surface area (Å²) in [6, 6.07) is 5.49. The molecule has 0 atom stereocenters. The Morgan fingerprint density at radius 2 is 1.53 bits per heavy atom. The molecule has 6 nitrogen and oxygen atoms in total. The zero-order valence-corrected chi connectivity index (χ0v) is 10.2. The average Bonchev–Trinajstić information content (AvgIpc) is 2.15. The van der Waals surface area contributed by atoms with Crippen molar-refractivity contribution in [3.63, 3.8) is 0 Å². The van der Waals surface area contributed by atoms with Gasteiger partial charge >= 0.3 is 0 Å². The summed E-state index contributed by atoms with van der Waals surface area (Å²) in [7, 11) is -3.82. The maximum atomic E-state index is 11.6. The third kappa shape index (κ3) is 3.87. The summed E-state index contributed by atoms with van der Waals surface area (Å²) in [5.41, 5.74) is 0.485. The quantitative estimate of drug-likeness (QED) is 0.822. The molecule has 0 aliphatic heterocycles. The number of rotatable bonds is 3. The molecule has 92 valence electrons. The van der Waals surface area contributed by atoms with E-state index in [-0.39, 0.29) is 10.8 Å². The molecule has 1 aromatic carbocycles. The molecule has 0 saturated carbocycles. The number of amides is 2. The van der Waals surface area contributed by atoms with E-state index in [0.717, 1.165) is 6.92 Å². The number of carbonyl (C=O) groups excluding carboxylic acids is 2. The molecule has 0 bridgehead atoms. The van der Waals surface area contributed by atoms with Crippen LogP contribution in [-0.2, 0) is 19.6 Å². The van der Waals surface area contributed by atoms with Gasteiger partial charge in [-0.15, -0.1) is 0 Å². The van der Waals surface area contributed by atoms with Gasteiger partial charge in [0.15, 0.2) is 0 Å². The summed E-state index contributed by atoms with van der Waals surface area (Å²) in [6.07, 6.45) is 0. The van der Waals surface area contributed by atoms with Crippen LogP contribution in [0.5, 0.6) is 0 Å². The van der Waals surface area contributed by atoms with E-state index in [9.17, 15) is 18.0 Å². The van der Waals surface area contributed by atoms with Gasteiger partial charge in [0.1, 0.15) is 0 Å². The first-order chi connectivity index (χ1) is 7.81. The van der Waals surface area contributed by atoms with Crippen molar-refractivity contribution in [3.05, 3.63) is 24.3 Å². The minimum Gasteiger partial charge on any atom is -0.326 e. The molecule has 0 aromatic heterocycles. The number of sulfonamides is 1. The highest BCUT2D eigenvalue weighted by molar-refractivity contribution is 7.90. The molecular formula is C10H12N2O4S. The van der Waals surface area contributed by atoms with Gasteiger partial charge in [0.2, 0.25) is 11.8 Å². The smallest absolute Gasteiger partial charge is 0.264 e. The van der Waals surface area contributed by atoms with E-state index in [4.69, 9.17) is 0 Å². The summed E-state index contributed by atoms with van der Waals surface area (Å²) in [6.45, 7) is 2.46. The SMILES string of the molecule is CC(=O)Nc1ccc(S(=O)(=O)NC(C)=O)cc1. The predicted octanol–water partition coefficient (Wildman–Crippen LogP) is 0.470. The normalized spacial score (nSPS) is 10.7. The Kier molecular flexibility index (Phi) is 3.84. The van der Waals surface area contributed by atoms with E-state index < -0.39 is 15.9 Å². The van der Waals surface area contributed by atoms with Gasteiger partial charge < -0.3 is 5.32 Å². The lowest BCUT2D eigenvalue weighted by atomic mass is 10.3. The molecule has 17 heavy (non-hydrogen) atoms. The third-order valence-electron chi connectivity index (χ3n) is 1.76. The van der Waals surface area contributed by atoms with Crippen molar-refractivity contribution < 1.29 is 18.0 Å². The molecular weight excluding hydrogens is 244 g/mol. The largest absolute Gasteiger partial charge is 0.326 e. The maximum absolute atomic E-state index is 11.6. The van der Waals surface area contributed by atoms with Crippen LogP contribution < -0.4 is 10.0 Å². The van der Waals surface area contributed by atoms with E-state index in [1.165, 1.54) is 31.2 Å². The molecule has 2 N–H and O–H groups in total. The van der Waals surface area contributed by atoms with Crippen LogP contribution in [0.2, 0.25) is 0 Å². The van der Waals surface area contributed by atoms with Crippen LogP contribution in [0.1, 0.15) is 13.8 Å². The van der Waals surface area contributed by atoms with Crippen LogP contribution in [-0.4, -0.2) is 20.2 Å². The van der Waals surface area contributed by atoms with Gasteiger partial charge in [-0.3, -0.25) is 9.59 Å². The van der Waals surface area contributed by atoms with Crippen LogP contribution in [0, 0.1) is 0 Å². The van der Waals surface area contributed by atoms with E-state index in [2.05, 4.69) is 5.32 Å². The Bertz CT molecular complexity index is 534. The second-order valence-corrected chi connectivity index (χ2v) is 5.05. The third-order valence-corrected chi connectivity index (χ3v) is 3.21. The second-order valence-electron chi connectivity index (χ2n) is 3.37. The number of carbonyl (C=O) groups is 2. The highest BCUT2D eigenvalue weighted by Gasteiger charge is 2.14. The molecule has 0 spiro atoms. The predicted molar refractivity (Wildman–Crippen MR) is 61.7 cm³/mol. The molecule has 0 aliphatic carbocycles. The standard InChI is InChI=1S/C10H12N2O4S/c1-7(13)11-9-3-5-10(6-4-9)17(15,16)12-8(2)14/h3-6H,1-2H3,(H,11,13)(H,12,14). The molecule has 2 amide bonds. The number of hydrogen-bond donors (Lipinski definition) is 2. The highest BCUT2D eigenvalue weighted by Crippen LogP contribution is 2.13. The zero-order chi connectivity index (χ0) is 13.1. The van der Waals surface area contributed by atoms with Crippen molar-refractivity contribution in [3.8, 4) is 0 Å². The highest BCUT2D eigenvalue weighted by atomic mass is 32.2. The Hall–Kier alpha value is -1.89. The average molecular weight is 256 g/mol. The van der Waals surface area contributed by atoms with Crippen molar-refractivity contribution in [2.24, 2.45) is 0 Å². The topological polar surface area (TPSA) is 92.3 Å². The van der Waals surface area contributed by atoms with E-state index in [1.807, 2.05) is 4.72 Å². The summed E-state index contributed by atoms with van der Waals surface area (Å²) >= 11 is 0. The van der Waals surface area contributed by atoms with Crippen molar-refractivity contribution in [2.75, 3.05) is 5.32 Å². The van der Waals surface area contributed by atoms with Crippen molar-refractivity contribution in [1.82, 2.24) is 4.72 Å². The van der Waals surface area contributed by atoms with Crippen LogP contribution in [0.3, 0.4) is 0 Å². The Labute approximate surface area is 99.1 Å². The molecule has 0 heterocycles. The lowest BCUT2D eigenvalue weighted by Gasteiger charge is -2.06. The first-order valence-electron chi connectivity index (χ1n) is 4.72. The van der Waals surface area contributed by atoms with Gasteiger partial charge in [0, 0.05) is 19.5 Å². The van der Waals surface area contributed by atoms with Gasteiger partial charge in [-0.1, -0.05) is 0 Å². The minimum absolute atomic E-state index is 0.0400. The minimum atomic E-state index is -3.82. The number of nitrogens with one attached hydrogen (secondary N) is 2. The Morgan fingerprint density at radius 3 is 1.94 bits per heavy atom. The molecule has 0 unspecified atom stereocenters. The molecule has 0 fully saturated rings. The Morgan fingerprint density at radius 1 is 1.00 bits per heavy atom. The van der Waals surface area contributed by atoms with Crippen molar-refractivity contribution in [2.45, 2.75) is 18.7 Å². The van der Waals surface area contributed by atoms with Crippen LogP contribution in [0.25, 0.3) is 0 Å². The van der Waals surface area contributed by atoms with Crippen LogP contribution in [0.4, 0.5) is 5.69 Å². The summed E-state index contributed by atoms with van der Waals surface area (Å²) < 4.78 is 25.0. The lowest BCUT2D eigenvalue weighted by Crippen LogP contribution is -2.28. The maximum Gasteiger partial charge on any atom is 0.264 e. The van der Waals surface area contributed by atoms with Crippen molar-refractivity contribution in [1.29, 1.82) is 0 Å². The van der Waals surface area contributed by atoms with Crippen LogP contribution >= 0.6 is 0 Å². The monoisotopic (exact) mass is 256 g/mol. The molecule has 0 saturated heterocycles. The number of benzene rings is 1. The fourth-order valence-corrected chi connectivity index (χ4v) is 2.16. The van der Waals surface area contributed by atoms with E-state index in [1.54, 1.807) is 0 Å². The van der Waals surface area contributed by atoms with Gasteiger partial charge in [0.05, 0.1) is 4.90 Å². The molecule has 7 heteroatoms. The molecule has 1 rings (SSSR count). The first kappa shape index (κ1) is 13.2. The van der Waals surface area contributed by atoms with Gasteiger partial charge in [-0.25, -0.2) is 13.1 Å². The van der Waals surface area contributed by atoms with Gasteiger partial charge in [-0.2, -0.15) is 0 Å². The van der Waals surface area contributed by atoms with Gasteiger partial charge in [-0.05, 0) is 24.3 Å². The lowest BCUT2D eigenvalue weighted by molar-refractivity contribution is -0.117. The number of hydrogen-bond acceptors (Lipinski definition) is 4. The summed E-state index contributed by atoms with van der Waals surface area (Å²) in [4.78, 5) is 21.4. The molecule has 0 radical (unpaired) electrons. The van der Waals surface area contributed by atoms with E-state index >= 15 is 0 Å². The fraction of sp³-hybridized carbons (Fsp3) is 0.200. The molecule has 1 aromatic rings. The van der Waals surface area contributed by atoms with Crippen LogP contribution in [0.15, 0.2) is 29.2 Å². The second kappa shape index (κ2) is 4.96. The van der Waals surface area contributed by atoms with Gasteiger partial charge in [0.25, 0.3) is 10.0 Å². The van der Waals surface area contributed by atoms with Crippen molar-refractivity contribution >= 4 is 27.5 Å². The fourth-order valence-electron chi connectivity index (χ4n) is 1.17. The first-order valence-corrected chi connectivity index (χ1v) is 6.20. The van der Waals surface area contributed by atoms with E-state index in [0.29, 0.717) is 5.69 Å². The zero-order valence-electron chi connectivity index (χ0n) is 9.35. The Balaban J connectivity index is 2.94. The summed E-state index contributed by atoms with van der Waals surface area (Å²) in [5.74, 6) is -0.904. The summed E-state index contributed by atoms with van der Waals surface area (Å²) in [5, 5.41) is 2.50.